The highest BCUT2D eigenvalue weighted by atomic mass is 19.1. The van der Waals surface area contributed by atoms with Crippen molar-refractivity contribution in [2.75, 3.05) is 33.4 Å². The Morgan fingerprint density at radius 3 is 2.59 bits per heavy atom. The van der Waals surface area contributed by atoms with Gasteiger partial charge < -0.3 is 9.47 Å². The maximum absolute atomic E-state index is 13.1. The first-order valence-corrected chi connectivity index (χ1v) is 10.4. The lowest BCUT2D eigenvalue weighted by Crippen LogP contribution is -2.43. The monoisotopic (exact) mass is 377 g/mol. The molecule has 2 rings (SSSR count). The van der Waals surface area contributed by atoms with Crippen LogP contribution in [0, 0.1) is 11.7 Å². The molecule has 1 fully saturated rings. The van der Waals surface area contributed by atoms with Crippen molar-refractivity contribution in [3.8, 4) is 5.75 Å². The normalized spacial score (nSPS) is 17.9. The first-order valence-electron chi connectivity index (χ1n) is 10.4. The van der Waals surface area contributed by atoms with E-state index in [1.807, 2.05) is 0 Å². The van der Waals surface area contributed by atoms with Crippen LogP contribution in [0.3, 0.4) is 0 Å². The number of likely N-dealkylation sites (tertiary alicyclic amines) is 1. The average Bonchev–Trinajstić information content (AvgIpc) is 2.67. The highest BCUT2D eigenvalue weighted by Gasteiger charge is 2.24. The van der Waals surface area contributed by atoms with Crippen LogP contribution < -0.4 is 4.74 Å². The maximum atomic E-state index is 13.1. The predicted octanol–water partition coefficient (Wildman–Crippen LogP) is 5.46. The van der Waals surface area contributed by atoms with E-state index in [2.05, 4.69) is 24.8 Å². The summed E-state index contributed by atoms with van der Waals surface area (Å²) in [4.78, 5) is 2.55. The van der Waals surface area contributed by atoms with Gasteiger partial charge in [0.1, 0.15) is 18.2 Å². The van der Waals surface area contributed by atoms with E-state index < -0.39 is 0 Å². The molecule has 0 saturated carbocycles. The Morgan fingerprint density at radius 2 is 1.96 bits per heavy atom. The number of benzene rings is 1. The van der Waals surface area contributed by atoms with Gasteiger partial charge in [-0.25, -0.2) is 4.39 Å². The first kappa shape index (κ1) is 21.9. The van der Waals surface area contributed by atoms with Crippen molar-refractivity contribution >= 4 is 0 Å². The van der Waals surface area contributed by atoms with Crippen LogP contribution in [0.2, 0.25) is 0 Å². The summed E-state index contributed by atoms with van der Waals surface area (Å²) in [6.45, 7) is 8.14. The Morgan fingerprint density at radius 1 is 1.26 bits per heavy atom. The van der Waals surface area contributed by atoms with E-state index in [4.69, 9.17) is 9.47 Å². The Bertz CT molecular complexity index is 550. The van der Waals surface area contributed by atoms with E-state index >= 15 is 0 Å². The number of ether oxygens (including phenoxy) is 2. The second-order valence-corrected chi connectivity index (χ2v) is 7.71. The van der Waals surface area contributed by atoms with Crippen molar-refractivity contribution in [1.29, 1.82) is 0 Å². The minimum absolute atomic E-state index is 0.229. The van der Waals surface area contributed by atoms with Gasteiger partial charge in [-0.1, -0.05) is 25.0 Å². The fourth-order valence-corrected chi connectivity index (χ4v) is 3.87. The molecule has 0 bridgehead atoms. The standard InChI is InChI=1S/C23H36FNO2/c1-4-6-19(2)17-22(18-27-23-10-8-21(24)9-11-23)25-14-12-20(13-15-25)7-5-16-26-3/h8-11,17,20,22H,4-7,12-16,18H2,1-3H3/b19-17+. The van der Waals surface area contributed by atoms with E-state index in [1.165, 1.54) is 37.0 Å². The number of halogens is 1. The Labute approximate surface area is 164 Å². The molecule has 0 spiro atoms. The zero-order valence-electron chi connectivity index (χ0n) is 17.3. The predicted molar refractivity (Wildman–Crippen MR) is 110 cm³/mol. The van der Waals surface area contributed by atoms with E-state index in [1.54, 1.807) is 19.2 Å². The van der Waals surface area contributed by atoms with Crippen LogP contribution in [-0.2, 0) is 4.74 Å². The average molecular weight is 378 g/mol. The zero-order chi connectivity index (χ0) is 19.5. The van der Waals surface area contributed by atoms with E-state index in [0.29, 0.717) is 6.61 Å². The Hall–Kier alpha value is -1.39. The zero-order valence-corrected chi connectivity index (χ0v) is 17.3. The largest absolute Gasteiger partial charge is 0.492 e. The van der Waals surface area contributed by atoms with Crippen molar-refractivity contribution in [2.45, 2.75) is 58.4 Å². The number of hydrogen-bond donors (Lipinski definition) is 0. The number of methoxy groups -OCH3 is 1. The fourth-order valence-electron chi connectivity index (χ4n) is 3.87. The molecule has 0 amide bonds. The molecule has 0 N–H and O–H groups in total. The Balaban J connectivity index is 1.92. The molecule has 152 valence electrons. The van der Waals surface area contributed by atoms with Crippen molar-refractivity contribution < 1.29 is 13.9 Å². The summed E-state index contributed by atoms with van der Waals surface area (Å²) in [7, 11) is 1.78. The van der Waals surface area contributed by atoms with Crippen LogP contribution in [0.1, 0.15) is 52.4 Å². The first-order chi connectivity index (χ1) is 13.1. The molecule has 0 aliphatic carbocycles. The van der Waals surface area contributed by atoms with E-state index in [9.17, 15) is 4.39 Å². The number of hydrogen-bond acceptors (Lipinski definition) is 3. The third-order valence-corrected chi connectivity index (χ3v) is 5.43. The molecular weight excluding hydrogens is 341 g/mol. The van der Waals surface area contributed by atoms with Gasteiger partial charge >= 0.3 is 0 Å². The third kappa shape index (κ3) is 8.02. The molecule has 0 aromatic heterocycles. The maximum Gasteiger partial charge on any atom is 0.123 e. The molecule has 1 unspecified atom stereocenters. The summed E-state index contributed by atoms with van der Waals surface area (Å²) in [5, 5.41) is 0. The summed E-state index contributed by atoms with van der Waals surface area (Å²) in [5.41, 5.74) is 1.42. The second kappa shape index (κ2) is 12.1. The van der Waals surface area contributed by atoms with Gasteiger partial charge in [-0.15, -0.1) is 0 Å². The summed E-state index contributed by atoms with van der Waals surface area (Å²) in [5.74, 6) is 1.32. The summed E-state index contributed by atoms with van der Waals surface area (Å²) in [6.07, 6.45) is 9.58. The molecule has 1 aromatic carbocycles. The number of allylic oxidation sites excluding steroid dienone is 1. The molecule has 0 radical (unpaired) electrons. The van der Waals surface area contributed by atoms with Gasteiger partial charge in [0.15, 0.2) is 0 Å². The lowest BCUT2D eigenvalue weighted by Gasteiger charge is -2.36. The number of rotatable bonds is 11. The van der Waals surface area contributed by atoms with Gasteiger partial charge in [-0.2, -0.15) is 0 Å². The molecule has 1 aromatic rings. The van der Waals surface area contributed by atoms with Gasteiger partial charge in [0.2, 0.25) is 0 Å². The van der Waals surface area contributed by atoms with E-state index in [-0.39, 0.29) is 11.9 Å². The van der Waals surface area contributed by atoms with Crippen molar-refractivity contribution in [3.05, 3.63) is 41.7 Å². The van der Waals surface area contributed by atoms with Crippen LogP contribution in [-0.4, -0.2) is 44.4 Å². The number of piperidine rings is 1. The van der Waals surface area contributed by atoms with Crippen molar-refractivity contribution in [2.24, 2.45) is 5.92 Å². The summed E-state index contributed by atoms with van der Waals surface area (Å²) >= 11 is 0. The molecular formula is C23H36FNO2. The fraction of sp³-hybridized carbons (Fsp3) is 0.652. The number of nitrogens with zero attached hydrogens (tertiary/aromatic N) is 1. The summed E-state index contributed by atoms with van der Waals surface area (Å²) < 4.78 is 24.3. The third-order valence-electron chi connectivity index (χ3n) is 5.43. The van der Waals surface area contributed by atoms with Crippen molar-refractivity contribution in [1.82, 2.24) is 4.90 Å². The molecule has 1 heterocycles. The van der Waals surface area contributed by atoms with Gasteiger partial charge in [-0.3, -0.25) is 4.90 Å². The van der Waals surface area contributed by atoms with Crippen LogP contribution >= 0.6 is 0 Å². The highest BCUT2D eigenvalue weighted by Crippen LogP contribution is 2.24. The lowest BCUT2D eigenvalue weighted by atomic mass is 9.91. The molecule has 1 aliphatic rings. The quantitative estimate of drug-likeness (QED) is 0.378. The van der Waals surface area contributed by atoms with Gasteiger partial charge in [0.05, 0.1) is 6.04 Å². The smallest absolute Gasteiger partial charge is 0.123 e. The molecule has 3 nitrogen and oxygen atoms in total. The SMILES string of the molecule is CCC/C(C)=C/C(COc1ccc(F)cc1)N1CCC(CCCOC)CC1. The minimum atomic E-state index is -0.229. The van der Waals surface area contributed by atoms with Crippen LogP contribution in [0.5, 0.6) is 5.75 Å². The highest BCUT2D eigenvalue weighted by molar-refractivity contribution is 5.22. The summed E-state index contributed by atoms with van der Waals surface area (Å²) in [6, 6.07) is 6.59. The van der Waals surface area contributed by atoms with Gasteiger partial charge in [0, 0.05) is 13.7 Å². The van der Waals surface area contributed by atoms with Crippen molar-refractivity contribution in [3.63, 3.8) is 0 Å². The van der Waals surface area contributed by atoms with Crippen LogP contribution in [0.4, 0.5) is 4.39 Å². The van der Waals surface area contributed by atoms with Gasteiger partial charge in [0.25, 0.3) is 0 Å². The molecule has 1 atom stereocenters. The second-order valence-electron chi connectivity index (χ2n) is 7.71. The lowest BCUT2D eigenvalue weighted by molar-refractivity contribution is 0.110. The molecule has 4 heteroatoms. The topological polar surface area (TPSA) is 21.7 Å². The minimum Gasteiger partial charge on any atom is -0.492 e. The van der Waals surface area contributed by atoms with Crippen LogP contribution in [0.25, 0.3) is 0 Å². The molecule has 27 heavy (non-hydrogen) atoms. The van der Waals surface area contributed by atoms with E-state index in [0.717, 1.165) is 50.6 Å². The van der Waals surface area contributed by atoms with Crippen LogP contribution in [0.15, 0.2) is 35.9 Å². The van der Waals surface area contributed by atoms with Gasteiger partial charge in [-0.05, 0) is 82.3 Å². The Kier molecular flexibility index (Phi) is 9.85. The molecule has 1 saturated heterocycles. The molecule has 1 aliphatic heterocycles.